The molecular weight excluding hydrogens is 384 g/mol. The molecule has 0 spiro atoms. The summed E-state index contributed by atoms with van der Waals surface area (Å²) in [6, 6.07) is 0. The first-order valence-electron chi connectivity index (χ1n) is 12.1. The number of aromatic amines is 1. The molecule has 2 heterocycles. The van der Waals surface area contributed by atoms with Crippen LogP contribution in [-0.4, -0.2) is 28.1 Å². The lowest BCUT2D eigenvalue weighted by Crippen LogP contribution is -2.33. The van der Waals surface area contributed by atoms with Gasteiger partial charge in [-0.25, -0.2) is 4.98 Å². The Labute approximate surface area is 191 Å². The number of amides is 1. The molecule has 0 saturated carbocycles. The number of carbonyl (C=O) groups excluding carboxylic acids is 1. The van der Waals surface area contributed by atoms with Gasteiger partial charge < -0.3 is 15.7 Å². The largest absolute Gasteiger partial charge is 0.356 e. The van der Waals surface area contributed by atoms with E-state index in [1.807, 2.05) is 26.1 Å². The van der Waals surface area contributed by atoms with Crippen molar-refractivity contribution in [1.82, 2.24) is 15.3 Å². The molecule has 0 bridgehead atoms. The Morgan fingerprint density at radius 2 is 1.97 bits per heavy atom. The maximum Gasteiger partial charge on any atom is 0.220 e. The van der Waals surface area contributed by atoms with Crippen LogP contribution in [0.5, 0.6) is 0 Å². The zero-order chi connectivity index (χ0) is 23.8. The van der Waals surface area contributed by atoms with E-state index in [0.29, 0.717) is 17.5 Å². The summed E-state index contributed by atoms with van der Waals surface area (Å²) in [7, 11) is 0. The zero-order valence-corrected chi connectivity index (χ0v) is 21.4. The highest BCUT2D eigenvalue weighted by molar-refractivity contribution is 5.90. The van der Waals surface area contributed by atoms with Crippen LogP contribution in [0.2, 0.25) is 0 Å². The smallest absolute Gasteiger partial charge is 0.220 e. The van der Waals surface area contributed by atoms with Gasteiger partial charge in [0.2, 0.25) is 5.91 Å². The fourth-order valence-corrected chi connectivity index (χ4v) is 3.15. The molecule has 178 valence electrons. The zero-order valence-electron chi connectivity index (χ0n) is 21.4. The van der Waals surface area contributed by atoms with Crippen molar-refractivity contribution in [3.8, 4) is 0 Å². The molecule has 1 saturated heterocycles. The molecule has 1 aromatic heterocycles. The van der Waals surface area contributed by atoms with Gasteiger partial charge in [-0.15, -0.1) is 0 Å². The molecule has 3 unspecified atom stereocenters. The second-order valence-corrected chi connectivity index (χ2v) is 9.24. The third kappa shape index (κ3) is 15.5. The third-order valence-corrected chi connectivity index (χ3v) is 5.82. The summed E-state index contributed by atoms with van der Waals surface area (Å²) in [5.41, 5.74) is 3.21. The van der Waals surface area contributed by atoms with Gasteiger partial charge in [0.15, 0.2) is 0 Å². The van der Waals surface area contributed by atoms with Gasteiger partial charge in [-0.2, -0.15) is 0 Å². The Balaban J connectivity index is 0.000000477. The predicted octanol–water partition coefficient (Wildman–Crippen LogP) is 6.95. The SMILES string of the molecule is CC/C(C)=C\C(C)=N.CC1CCC(=O)NC1.CCC(C)CCCC(C)c1cnc(C)[nH]1. The number of hydrogen-bond acceptors (Lipinski definition) is 3. The molecule has 1 aliphatic heterocycles. The summed E-state index contributed by atoms with van der Waals surface area (Å²) in [4.78, 5) is 18.1. The summed E-state index contributed by atoms with van der Waals surface area (Å²) >= 11 is 0. The number of allylic oxidation sites excluding steroid dienone is 2. The highest BCUT2D eigenvalue weighted by atomic mass is 16.1. The van der Waals surface area contributed by atoms with E-state index in [4.69, 9.17) is 5.41 Å². The molecule has 2 rings (SSSR count). The number of H-pyrrole nitrogens is 1. The minimum absolute atomic E-state index is 0.211. The minimum Gasteiger partial charge on any atom is -0.356 e. The average molecular weight is 433 g/mol. The summed E-state index contributed by atoms with van der Waals surface area (Å²) in [6.07, 6.45) is 12.0. The minimum atomic E-state index is 0.211. The first kappa shape index (κ1) is 29.1. The number of aryl methyl sites for hydroxylation is 1. The van der Waals surface area contributed by atoms with Gasteiger partial charge in [0.25, 0.3) is 0 Å². The van der Waals surface area contributed by atoms with E-state index in [2.05, 4.69) is 49.9 Å². The Morgan fingerprint density at radius 1 is 1.29 bits per heavy atom. The molecule has 5 nitrogen and oxygen atoms in total. The second-order valence-electron chi connectivity index (χ2n) is 9.24. The lowest BCUT2D eigenvalue weighted by atomic mass is 9.96. The Morgan fingerprint density at radius 3 is 2.35 bits per heavy atom. The number of aromatic nitrogens is 2. The number of rotatable bonds is 8. The molecule has 0 aromatic carbocycles. The molecule has 1 aliphatic rings. The highest BCUT2D eigenvalue weighted by Crippen LogP contribution is 2.21. The van der Waals surface area contributed by atoms with E-state index in [1.54, 1.807) is 6.92 Å². The van der Waals surface area contributed by atoms with Gasteiger partial charge in [0.05, 0.1) is 0 Å². The van der Waals surface area contributed by atoms with E-state index < -0.39 is 0 Å². The summed E-state index contributed by atoms with van der Waals surface area (Å²) in [6.45, 7) is 17.8. The van der Waals surface area contributed by atoms with Crippen LogP contribution >= 0.6 is 0 Å². The topological polar surface area (TPSA) is 81.6 Å². The molecule has 3 atom stereocenters. The van der Waals surface area contributed by atoms with Gasteiger partial charge >= 0.3 is 0 Å². The van der Waals surface area contributed by atoms with Crippen LogP contribution in [0.1, 0.15) is 111 Å². The molecule has 0 aliphatic carbocycles. The van der Waals surface area contributed by atoms with Crippen LogP contribution < -0.4 is 5.32 Å². The first-order valence-corrected chi connectivity index (χ1v) is 12.1. The maximum atomic E-state index is 10.5. The number of carbonyl (C=O) groups is 1. The second kappa shape index (κ2) is 16.7. The Bertz CT molecular complexity index is 652. The number of imidazole rings is 1. The van der Waals surface area contributed by atoms with E-state index >= 15 is 0 Å². The van der Waals surface area contributed by atoms with Crippen molar-refractivity contribution in [3.63, 3.8) is 0 Å². The fourth-order valence-electron chi connectivity index (χ4n) is 3.15. The summed E-state index contributed by atoms with van der Waals surface area (Å²) in [5, 5.41) is 9.84. The number of nitrogens with one attached hydrogen (secondary N) is 3. The third-order valence-electron chi connectivity index (χ3n) is 5.82. The van der Waals surface area contributed by atoms with Gasteiger partial charge in [0.1, 0.15) is 5.82 Å². The number of hydrogen-bond donors (Lipinski definition) is 3. The monoisotopic (exact) mass is 432 g/mol. The molecule has 5 heteroatoms. The van der Waals surface area contributed by atoms with Crippen LogP contribution in [0.3, 0.4) is 0 Å². The fraction of sp³-hybridized carbons (Fsp3) is 0.731. The maximum absolute atomic E-state index is 10.5. The van der Waals surface area contributed by atoms with Crippen molar-refractivity contribution in [2.75, 3.05) is 6.54 Å². The number of nitrogens with zero attached hydrogens (tertiary/aromatic N) is 1. The predicted molar refractivity (Wildman–Crippen MR) is 134 cm³/mol. The van der Waals surface area contributed by atoms with E-state index in [1.165, 1.54) is 37.0 Å². The van der Waals surface area contributed by atoms with E-state index in [-0.39, 0.29) is 5.91 Å². The van der Waals surface area contributed by atoms with Gasteiger partial charge in [0, 0.05) is 30.6 Å². The Hall–Kier alpha value is -1.91. The first-order chi connectivity index (χ1) is 14.6. The summed E-state index contributed by atoms with van der Waals surface area (Å²) < 4.78 is 0. The van der Waals surface area contributed by atoms with E-state index in [9.17, 15) is 4.79 Å². The molecule has 1 amide bonds. The average Bonchev–Trinajstić information content (AvgIpc) is 3.17. The molecule has 0 radical (unpaired) electrons. The van der Waals surface area contributed by atoms with Crippen molar-refractivity contribution in [2.45, 2.75) is 106 Å². The number of piperidine rings is 1. The molecular formula is C26H48N4O. The van der Waals surface area contributed by atoms with Crippen LogP contribution in [0.15, 0.2) is 17.8 Å². The molecule has 31 heavy (non-hydrogen) atoms. The van der Waals surface area contributed by atoms with E-state index in [0.717, 1.165) is 37.5 Å². The molecule has 3 N–H and O–H groups in total. The van der Waals surface area contributed by atoms with Crippen molar-refractivity contribution in [1.29, 1.82) is 5.41 Å². The van der Waals surface area contributed by atoms with Gasteiger partial charge in [-0.1, -0.05) is 59.5 Å². The summed E-state index contributed by atoms with van der Waals surface area (Å²) in [5.74, 6) is 3.42. The van der Waals surface area contributed by atoms with Gasteiger partial charge in [-0.3, -0.25) is 4.79 Å². The standard InChI is InChI=1S/C13H24N2.C7H13N.C6H11NO/c1-5-10(2)7-6-8-11(3)13-9-14-12(4)15-13;1-4-6(2)5-7(3)8;1-5-2-3-6(8)7-4-5/h9-11H,5-8H2,1-4H3,(H,14,15);5,8H,4H2,1-3H3;5H,2-4H2,1H3,(H,7,8)/b;6-5-,8-7?;. The van der Waals surface area contributed by atoms with Crippen LogP contribution in [0, 0.1) is 24.2 Å². The molecule has 1 fully saturated rings. The van der Waals surface area contributed by atoms with Gasteiger partial charge in [-0.05, 0) is 63.9 Å². The van der Waals surface area contributed by atoms with Crippen LogP contribution in [-0.2, 0) is 4.79 Å². The van der Waals surface area contributed by atoms with Crippen molar-refractivity contribution in [2.24, 2.45) is 11.8 Å². The van der Waals surface area contributed by atoms with Crippen LogP contribution in [0.4, 0.5) is 0 Å². The normalized spacial score (nSPS) is 18.0. The highest BCUT2D eigenvalue weighted by Gasteiger charge is 2.12. The lowest BCUT2D eigenvalue weighted by molar-refractivity contribution is -0.122. The van der Waals surface area contributed by atoms with Crippen molar-refractivity contribution >= 4 is 11.6 Å². The van der Waals surface area contributed by atoms with Crippen molar-refractivity contribution < 1.29 is 4.79 Å². The molecule has 1 aromatic rings. The Kier molecular flexibility index (Phi) is 15.7. The quantitative estimate of drug-likeness (QED) is 0.388. The van der Waals surface area contributed by atoms with Crippen molar-refractivity contribution in [3.05, 3.63) is 29.4 Å². The lowest BCUT2D eigenvalue weighted by Gasteiger charge is -2.17. The van der Waals surface area contributed by atoms with Crippen LogP contribution in [0.25, 0.3) is 0 Å².